The Kier molecular flexibility index (Phi) is 9.51. The Morgan fingerprint density at radius 2 is 1.98 bits per heavy atom. The highest BCUT2D eigenvalue weighted by molar-refractivity contribution is 7.84. The van der Waals surface area contributed by atoms with E-state index in [0.717, 1.165) is 17.2 Å². The Morgan fingerprint density at radius 1 is 1.21 bits per heavy atom. The number of amides is 1. The zero-order valence-corrected chi connectivity index (χ0v) is 24.0. The third kappa shape index (κ3) is 7.41. The smallest absolute Gasteiger partial charge is 0.341 e. The van der Waals surface area contributed by atoms with Gasteiger partial charge in [0.05, 0.1) is 33.8 Å². The van der Waals surface area contributed by atoms with E-state index in [9.17, 15) is 28.5 Å². The number of halogens is 1. The lowest BCUT2D eigenvalue weighted by Crippen LogP contribution is -2.41. The van der Waals surface area contributed by atoms with Gasteiger partial charge >= 0.3 is 11.7 Å². The fourth-order valence-electron chi connectivity index (χ4n) is 4.43. The number of fused-ring (bicyclic) bond motifs is 1. The lowest BCUT2D eigenvalue weighted by Gasteiger charge is -2.24. The number of carboxylic acids is 1. The van der Waals surface area contributed by atoms with Gasteiger partial charge in [-0.1, -0.05) is 5.92 Å². The highest BCUT2D eigenvalue weighted by Crippen LogP contribution is 2.24. The van der Waals surface area contributed by atoms with Crippen LogP contribution in [0.2, 0.25) is 0 Å². The van der Waals surface area contributed by atoms with Crippen molar-refractivity contribution in [1.29, 1.82) is 0 Å². The Morgan fingerprint density at radius 3 is 2.63 bits per heavy atom. The summed E-state index contributed by atoms with van der Waals surface area (Å²) >= 11 is 0. The van der Waals surface area contributed by atoms with Crippen LogP contribution >= 0.6 is 0 Å². The van der Waals surface area contributed by atoms with Crippen molar-refractivity contribution in [1.82, 2.24) is 30.5 Å². The monoisotopic (exact) mass is 609 g/mol. The van der Waals surface area contributed by atoms with Crippen LogP contribution in [-0.2, 0) is 22.1 Å². The van der Waals surface area contributed by atoms with E-state index in [4.69, 9.17) is 6.42 Å². The van der Waals surface area contributed by atoms with Crippen molar-refractivity contribution >= 4 is 39.3 Å². The summed E-state index contributed by atoms with van der Waals surface area (Å²) in [4.78, 5) is 59.1. The first-order valence-electron chi connectivity index (χ1n) is 13.0. The molecule has 0 aliphatic rings. The molecular formula is C28H28FN7O6S. The molecule has 5 N–H and O–H groups in total. The van der Waals surface area contributed by atoms with Gasteiger partial charge in [-0.2, -0.15) is 0 Å². The summed E-state index contributed by atoms with van der Waals surface area (Å²) in [5.41, 5.74) is 1.27. The highest BCUT2D eigenvalue weighted by Gasteiger charge is 2.23. The summed E-state index contributed by atoms with van der Waals surface area (Å²) in [7, 11) is -1.68. The van der Waals surface area contributed by atoms with E-state index in [1.54, 1.807) is 24.0 Å². The molecule has 2 atom stereocenters. The number of aromatic nitrogens is 5. The number of hydrogen-bond donors (Lipinski definition) is 5. The molecule has 0 fully saturated rings. The maximum absolute atomic E-state index is 15.2. The molecule has 0 radical (unpaired) electrons. The van der Waals surface area contributed by atoms with Crippen molar-refractivity contribution in [3.8, 4) is 12.3 Å². The van der Waals surface area contributed by atoms with Crippen LogP contribution in [0.1, 0.15) is 40.2 Å². The first-order valence-corrected chi connectivity index (χ1v) is 14.3. The highest BCUT2D eigenvalue weighted by atomic mass is 32.2. The van der Waals surface area contributed by atoms with E-state index in [1.807, 2.05) is 6.92 Å². The van der Waals surface area contributed by atoms with Gasteiger partial charge in [-0.25, -0.2) is 24.1 Å². The average Bonchev–Trinajstić information content (AvgIpc) is 3.38. The summed E-state index contributed by atoms with van der Waals surface area (Å²) in [6.07, 6.45) is 5.58. The zero-order valence-electron chi connectivity index (χ0n) is 23.2. The van der Waals surface area contributed by atoms with Gasteiger partial charge in [-0.3, -0.25) is 18.8 Å². The normalized spacial score (nSPS) is 12.4. The molecule has 1 unspecified atom stereocenters. The number of nitrogens with zero attached hydrogens (tertiary/aromatic N) is 3. The van der Waals surface area contributed by atoms with Gasteiger partial charge in [0.2, 0.25) is 5.16 Å². The van der Waals surface area contributed by atoms with Crippen LogP contribution in [0.25, 0.3) is 10.9 Å². The van der Waals surface area contributed by atoms with Gasteiger partial charge in [-0.05, 0) is 68.1 Å². The summed E-state index contributed by atoms with van der Waals surface area (Å²) < 4.78 is 27.4. The van der Waals surface area contributed by atoms with E-state index < -0.39 is 40.2 Å². The number of nitrogens with one attached hydrogen (secondary N) is 4. The maximum Gasteiger partial charge on any atom is 0.341 e. The van der Waals surface area contributed by atoms with Crippen LogP contribution in [-0.4, -0.2) is 64.7 Å². The average molecular weight is 610 g/mol. The van der Waals surface area contributed by atoms with Crippen LogP contribution in [0, 0.1) is 32.0 Å². The van der Waals surface area contributed by atoms with Gasteiger partial charge in [0.1, 0.15) is 17.7 Å². The zero-order chi connectivity index (χ0) is 31.3. The quantitative estimate of drug-likeness (QED) is 0.148. The molecule has 2 aromatic carbocycles. The molecule has 0 saturated heterocycles. The van der Waals surface area contributed by atoms with Gasteiger partial charge in [0.25, 0.3) is 11.5 Å². The molecule has 0 aliphatic carbocycles. The Bertz CT molecular complexity index is 1880. The molecule has 0 aliphatic heterocycles. The summed E-state index contributed by atoms with van der Waals surface area (Å²) in [6.45, 7) is 3.89. The van der Waals surface area contributed by atoms with Crippen molar-refractivity contribution in [2.45, 2.75) is 44.4 Å². The number of anilines is 1. The number of aromatic amines is 3. The molecule has 13 nitrogen and oxygen atoms in total. The summed E-state index contributed by atoms with van der Waals surface area (Å²) in [5.74, 6) is -0.174. The Balaban J connectivity index is 1.47. The van der Waals surface area contributed by atoms with Crippen molar-refractivity contribution in [2.75, 3.05) is 17.2 Å². The maximum atomic E-state index is 15.2. The number of terminal acetylenes is 1. The fraction of sp³-hybridized carbons (Fsp3) is 0.286. The molecule has 2 heterocycles. The molecule has 0 saturated carbocycles. The SMILES string of the molecule is C#CCN(Cc1cc2c(=O)[nH]c(C)nc2cc1C)c1ccc(C(=O)N[C@@H](CCCS(=O)c2n[nH]c(=O)[nH]2)C(=O)O)c(F)c1. The molecule has 1 amide bonds. The molecule has 43 heavy (non-hydrogen) atoms. The fourth-order valence-corrected chi connectivity index (χ4v) is 5.41. The van der Waals surface area contributed by atoms with Crippen molar-refractivity contribution in [2.24, 2.45) is 0 Å². The lowest BCUT2D eigenvalue weighted by atomic mass is 10.0. The van der Waals surface area contributed by atoms with E-state index in [2.05, 4.69) is 36.4 Å². The first-order chi connectivity index (χ1) is 20.5. The summed E-state index contributed by atoms with van der Waals surface area (Å²) in [5, 5.41) is 17.9. The molecule has 224 valence electrons. The van der Waals surface area contributed by atoms with Crippen LogP contribution in [0.15, 0.2) is 45.1 Å². The molecule has 4 rings (SSSR count). The molecule has 2 aromatic heterocycles. The molecular weight excluding hydrogens is 581 g/mol. The van der Waals surface area contributed by atoms with Gasteiger partial charge in [0, 0.05) is 18.0 Å². The number of aliphatic carboxylic acids is 1. The number of aryl methyl sites for hydroxylation is 2. The minimum atomic E-state index is -1.68. The standard InChI is InChI=1S/C28H28FN7O6S/c1-4-9-36(14-17-12-20-23(11-15(17)2)30-16(3)31-25(20)38)18-7-8-19(21(29)13-18)24(37)32-22(26(39)40)6-5-10-43(42)28-33-27(41)34-35-28/h1,7-8,11-13,22H,5-6,9-10,14H2,2-3H3,(H,32,37)(H,39,40)(H,30,31,38)(H2,33,34,35,41)/t22-,43?/m0/s1. The van der Waals surface area contributed by atoms with Crippen molar-refractivity contribution in [3.05, 3.63) is 79.5 Å². The lowest BCUT2D eigenvalue weighted by molar-refractivity contribution is -0.139. The van der Waals surface area contributed by atoms with E-state index in [-0.39, 0.29) is 48.0 Å². The van der Waals surface area contributed by atoms with Crippen LogP contribution in [0.4, 0.5) is 10.1 Å². The number of carbonyl (C=O) groups excluding carboxylic acids is 1. The molecule has 15 heteroatoms. The Labute approximate surface area is 246 Å². The van der Waals surface area contributed by atoms with Crippen molar-refractivity contribution < 1.29 is 23.3 Å². The predicted molar refractivity (Wildman–Crippen MR) is 157 cm³/mol. The van der Waals surface area contributed by atoms with Gasteiger partial charge in [0.15, 0.2) is 0 Å². The predicted octanol–water partition coefficient (Wildman–Crippen LogP) is 1.50. The van der Waals surface area contributed by atoms with Gasteiger partial charge < -0.3 is 20.3 Å². The second kappa shape index (κ2) is 13.3. The number of rotatable bonds is 12. The topological polar surface area (TPSA) is 194 Å². The summed E-state index contributed by atoms with van der Waals surface area (Å²) in [6, 6.07) is 5.99. The molecule has 0 spiro atoms. The number of H-pyrrole nitrogens is 3. The minimum absolute atomic E-state index is 0.0181. The van der Waals surface area contributed by atoms with Crippen LogP contribution in [0.3, 0.4) is 0 Å². The van der Waals surface area contributed by atoms with E-state index in [0.29, 0.717) is 22.4 Å². The minimum Gasteiger partial charge on any atom is -0.480 e. The van der Waals surface area contributed by atoms with Gasteiger partial charge in [-0.15, -0.1) is 11.5 Å². The first kappa shape index (κ1) is 30.8. The number of carbonyl (C=O) groups is 2. The largest absolute Gasteiger partial charge is 0.480 e. The third-order valence-electron chi connectivity index (χ3n) is 6.61. The van der Waals surface area contributed by atoms with Crippen molar-refractivity contribution in [3.63, 3.8) is 0 Å². The number of carboxylic acid groups (broad SMARTS) is 1. The van der Waals surface area contributed by atoms with Crippen LogP contribution < -0.4 is 21.5 Å². The second-order valence-corrected chi connectivity index (χ2v) is 11.2. The van der Waals surface area contributed by atoms with E-state index >= 15 is 4.39 Å². The number of benzene rings is 2. The number of hydrogen-bond acceptors (Lipinski definition) is 8. The second-order valence-electron chi connectivity index (χ2n) is 9.71. The molecule has 4 aromatic rings. The Hall–Kier alpha value is -5.10. The third-order valence-corrected chi connectivity index (χ3v) is 7.89. The van der Waals surface area contributed by atoms with E-state index in [1.165, 1.54) is 12.1 Å². The van der Waals surface area contributed by atoms with Crippen LogP contribution in [0.5, 0.6) is 0 Å². The molecule has 0 bridgehead atoms.